The summed E-state index contributed by atoms with van der Waals surface area (Å²) in [6, 6.07) is 21.3. The second-order valence-electron chi connectivity index (χ2n) is 3.67. The molecule has 0 aromatic heterocycles. The summed E-state index contributed by atoms with van der Waals surface area (Å²) >= 11 is 4.64. The third-order valence-electron chi connectivity index (χ3n) is 2.44. The number of hydrogen-bond donors (Lipinski definition) is 1. The molecule has 2 rings (SSSR count). The lowest BCUT2D eigenvalue weighted by Gasteiger charge is -2.21. The van der Waals surface area contributed by atoms with Crippen molar-refractivity contribution in [2.75, 3.05) is 0 Å². The topological polar surface area (TPSA) is 0 Å². The molecule has 1 atom stereocenters. The number of thiol groups is 1. The van der Waals surface area contributed by atoms with E-state index in [1.165, 1.54) is 10.6 Å². The molecule has 2 aromatic rings. The van der Waals surface area contributed by atoms with E-state index in [0.29, 0.717) is 4.99 Å². The first-order chi connectivity index (χ1) is 7.79. The minimum absolute atomic E-state index is 0.346. The van der Waals surface area contributed by atoms with Crippen LogP contribution < -0.4 is 10.6 Å². The monoisotopic (exact) mass is 246 g/mol. The average Bonchev–Trinajstić information content (AvgIpc) is 2.31. The van der Waals surface area contributed by atoms with E-state index < -0.39 is 0 Å². The minimum atomic E-state index is -0.346. The van der Waals surface area contributed by atoms with Crippen LogP contribution >= 0.6 is 20.6 Å². The maximum atomic E-state index is 4.64. The fourth-order valence-electron chi connectivity index (χ4n) is 1.76. The molecule has 0 spiro atoms. The molecule has 0 nitrogen and oxygen atoms in total. The van der Waals surface area contributed by atoms with Crippen molar-refractivity contribution >= 4 is 31.2 Å². The SMILES string of the molecule is CC(S)P(c1ccccc1)c1ccccc1. The molecule has 2 aromatic carbocycles. The van der Waals surface area contributed by atoms with Gasteiger partial charge < -0.3 is 0 Å². The van der Waals surface area contributed by atoms with Crippen LogP contribution in [0.3, 0.4) is 0 Å². The second kappa shape index (κ2) is 5.52. The van der Waals surface area contributed by atoms with Crippen LogP contribution in [0.1, 0.15) is 6.92 Å². The summed E-state index contributed by atoms with van der Waals surface area (Å²) in [5, 5.41) is 2.79. The van der Waals surface area contributed by atoms with Gasteiger partial charge in [0.05, 0.1) is 0 Å². The number of benzene rings is 2. The molecule has 0 saturated carbocycles. The minimum Gasteiger partial charge on any atom is -0.171 e. The molecule has 0 aliphatic rings. The van der Waals surface area contributed by atoms with E-state index in [1.807, 2.05) is 0 Å². The van der Waals surface area contributed by atoms with Crippen molar-refractivity contribution < 1.29 is 0 Å². The third kappa shape index (κ3) is 2.66. The summed E-state index contributed by atoms with van der Waals surface area (Å²) in [5.74, 6) is 0. The van der Waals surface area contributed by atoms with Crippen LogP contribution in [0.2, 0.25) is 0 Å². The average molecular weight is 246 g/mol. The Morgan fingerprint density at radius 1 is 0.812 bits per heavy atom. The van der Waals surface area contributed by atoms with Crippen molar-refractivity contribution in [3.8, 4) is 0 Å². The first-order valence-corrected chi connectivity index (χ1v) is 7.29. The predicted octanol–water partition coefficient (Wildman–Crippen LogP) is 3.40. The Kier molecular flexibility index (Phi) is 4.04. The van der Waals surface area contributed by atoms with Crippen molar-refractivity contribution in [3.63, 3.8) is 0 Å². The van der Waals surface area contributed by atoms with E-state index in [1.54, 1.807) is 0 Å². The Morgan fingerprint density at radius 3 is 1.50 bits per heavy atom. The largest absolute Gasteiger partial charge is 0.171 e. The molecular weight excluding hydrogens is 231 g/mol. The van der Waals surface area contributed by atoms with Crippen LogP contribution in [0.15, 0.2) is 60.7 Å². The highest BCUT2D eigenvalue weighted by Crippen LogP contribution is 2.40. The van der Waals surface area contributed by atoms with Gasteiger partial charge in [-0.2, -0.15) is 12.6 Å². The van der Waals surface area contributed by atoms with Gasteiger partial charge in [-0.25, -0.2) is 0 Å². The highest BCUT2D eigenvalue weighted by Gasteiger charge is 2.17. The van der Waals surface area contributed by atoms with Crippen molar-refractivity contribution in [1.29, 1.82) is 0 Å². The molecule has 0 aliphatic heterocycles. The Morgan fingerprint density at radius 2 is 1.19 bits per heavy atom. The zero-order chi connectivity index (χ0) is 11.4. The Balaban J connectivity index is 2.40. The standard InChI is InChI=1S/C14H15PS/c1-12(16)15(13-8-4-2-5-9-13)14-10-6-3-7-11-14/h2-12,16H,1H3. The molecule has 0 heterocycles. The van der Waals surface area contributed by atoms with Crippen molar-refractivity contribution in [2.24, 2.45) is 0 Å². The lowest BCUT2D eigenvalue weighted by Crippen LogP contribution is -2.16. The summed E-state index contributed by atoms with van der Waals surface area (Å²) < 4.78 is 0. The Bertz CT molecular complexity index is 386. The van der Waals surface area contributed by atoms with Gasteiger partial charge in [-0.3, -0.25) is 0 Å². The molecule has 82 valence electrons. The molecule has 0 radical (unpaired) electrons. The predicted molar refractivity (Wildman–Crippen MR) is 77.5 cm³/mol. The zero-order valence-corrected chi connectivity index (χ0v) is 11.0. The lowest BCUT2D eigenvalue weighted by atomic mass is 10.4. The van der Waals surface area contributed by atoms with Crippen molar-refractivity contribution in [3.05, 3.63) is 60.7 Å². The molecule has 0 N–H and O–H groups in total. The summed E-state index contributed by atoms with van der Waals surface area (Å²) in [4.78, 5) is 0.375. The van der Waals surface area contributed by atoms with Crippen molar-refractivity contribution in [1.82, 2.24) is 0 Å². The van der Waals surface area contributed by atoms with E-state index in [0.717, 1.165) is 0 Å². The van der Waals surface area contributed by atoms with E-state index >= 15 is 0 Å². The molecule has 0 fully saturated rings. The maximum Gasteiger partial charge on any atom is 0.0270 e. The van der Waals surface area contributed by atoms with Crippen LogP contribution in [0, 0.1) is 0 Å². The number of rotatable bonds is 3. The molecule has 16 heavy (non-hydrogen) atoms. The van der Waals surface area contributed by atoms with Gasteiger partial charge in [-0.1, -0.05) is 60.7 Å². The highest BCUT2D eigenvalue weighted by atomic mass is 32.1. The number of hydrogen-bond acceptors (Lipinski definition) is 1. The van der Waals surface area contributed by atoms with Crippen LogP contribution in [0.5, 0.6) is 0 Å². The second-order valence-corrected chi connectivity index (χ2v) is 7.40. The molecule has 0 aliphatic carbocycles. The van der Waals surface area contributed by atoms with Gasteiger partial charge in [0.1, 0.15) is 0 Å². The fraction of sp³-hybridized carbons (Fsp3) is 0.143. The zero-order valence-electron chi connectivity index (χ0n) is 9.25. The molecule has 0 saturated heterocycles. The van der Waals surface area contributed by atoms with Crippen LogP contribution in [-0.2, 0) is 0 Å². The van der Waals surface area contributed by atoms with E-state index in [-0.39, 0.29) is 7.92 Å². The smallest absolute Gasteiger partial charge is 0.0270 e. The molecule has 0 amide bonds. The van der Waals surface area contributed by atoms with Gasteiger partial charge >= 0.3 is 0 Å². The van der Waals surface area contributed by atoms with Crippen LogP contribution in [-0.4, -0.2) is 4.99 Å². The van der Waals surface area contributed by atoms with Gasteiger partial charge in [0.2, 0.25) is 0 Å². The molecule has 0 bridgehead atoms. The Labute approximate surface area is 104 Å². The fourth-order valence-corrected chi connectivity index (χ4v) is 4.71. The Hall–Kier alpha value is -0.780. The first-order valence-electron chi connectivity index (χ1n) is 5.36. The van der Waals surface area contributed by atoms with Gasteiger partial charge in [0.25, 0.3) is 0 Å². The van der Waals surface area contributed by atoms with Gasteiger partial charge in [-0.15, -0.1) is 0 Å². The normalized spacial score (nSPS) is 12.7. The van der Waals surface area contributed by atoms with E-state index in [9.17, 15) is 0 Å². The molecule has 2 heteroatoms. The van der Waals surface area contributed by atoms with Gasteiger partial charge in [-0.05, 0) is 25.5 Å². The molecule has 1 unspecified atom stereocenters. The summed E-state index contributed by atoms with van der Waals surface area (Å²) in [7, 11) is -0.346. The van der Waals surface area contributed by atoms with Crippen LogP contribution in [0.4, 0.5) is 0 Å². The quantitative estimate of drug-likeness (QED) is 0.623. The summed E-state index contributed by atoms with van der Waals surface area (Å²) in [5.41, 5.74) is 0. The summed E-state index contributed by atoms with van der Waals surface area (Å²) in [6.45, 7) is 2.18. The van der Waals surface area contributed by atoms with Gasteiger partial charge in [0.15, 0.2) is 0 Å². The van der Waals surface area contributed by atoms with E-state index in [4.69, 9.17) is 0 Å². The van der Waals surface area contributed by atoms with Crippen molar-refractivity contribution in [2.45, 2.75) is 11.9 Å². The highest BCUT2D eigenvalue weighted by molar-refractivity contribution is 7.94. The summed E-state index contributed by atoms with van der Waals surface area (Å²) in [6.07, 6.45) is 0. The maximum absolute atomic E-state index is 4.64. The first kappa shape index (κ1) is 11.7. The van der Waals surface area contributed by atoms with Crippen LogP contribution in [0.25, 0.3) is 0 Å². The van der Waals surface area contributed by atoms with Gasteiger partial charge in [0, 0.05) is 4.99 Å². The third-order valence-corrected chi connectivity index (χ3v) is 5.59. The molecular formula is C14H15PS. The lowest BCUT2D eigenvalue weighted by molar-refractivity contribution is 1.42. The van der Waals surface area contributed by atoms with E-state index in [2.05, 4.69) is 80.2 Å².